The summed E-state index contributed by atoms with van der Waals surface area (Å²) >= 11 is 0. The average Bonchev–Trinajstić information content (AvgIpc) is 2.28. The summed E-state index contributed by atoms with van der Waals surface area (Å²) in [4.78, 5) is 10.8. The molecule has 0 aliphatic heterocycles. The Kier molecular flexibility index (Phi) is 3.94. The molecule has 0 aromatic heterocycles. The van der Waals surface area contributed by atoms with Crippen LogP contribution in [0.3, 0.4) is 0 Å². The molecule has 0 heterocycles. The van der Waals surface area contributed by atoms with E-state index in [1.54, 1.807) is 7.11 Å². The molecule has 0 aliphatic rings. The maximum atomic E-state index is 10.8. The van der Waals surface area contributed by atoms with Gasteiger partial charge in [0.1, 0.15) is 5.75 Å². The van der Waals surface area contributed by atoms with E-state index in [9.17, 15) is 4.79 Å². The topological polar surface area (TPSA) is 46.5 Å². The Labute approximate surface area is 102 Å². The highest BCUT2D eigenvalue weighted by molar-refractivity contribution is 5.86. The lowest BCUT2D eigenvalue weighted by molar-refractivity contribution is -0.132. The quantitative estimate of drug-likeness (QED) is 0.815. The first kappa shape index (κ1) is 13.3. The first-order valence-electron chi connectivity index (χ1n) is 5.43. The van der Waals surface area contributed by atoms with Crippen LogP contribution in [-0.4, -0.2) is 18.2 Å². The number of carbonyl (C=O) groups is 1. The Morgan fingerprint density at radius 1 is 1.35 bits per heavy atom. The highest BCUT2D eigenvalue weighted by Gasteiger charge is 2.13. The molecule has 92 valence electrons. The first-order chi connectivity index (χ1) is 7.88. The summed E-state index contributed by atoms with van der Waals surface area (Å²) in [7, 11) is 1.64. The van der Waals surface area contributed by atoms with Crippen molar-refractivity contribution < 1.29 is 14.6 Å². The van der Waals surface area contributed by atoms with Gasteiger partial charge < -0.3 is 9.84 Å². The molecule has 0 fully saturated rings. The molecular formula is C14H18O3. The van der Waals surface area contributed by atoms with Gasteiger partial charge in [-0.3, -0.25) is 0 Å². The molecule has 0 atom stereocenters. The average molecular weight is 234 g/mol. The monoisotopic (exact) mass is 234 g/mol. The van der Waals surface area contributed by atoms with Gasteiger partial charge >= 0.3 is 5.97 Å². The summed E-state index contributed by atoms with van der Waals surface area (Å²) in [6, 6.07) is 1.94. The van der Waals surface area contributed by atoms with E-state index in [-0.39, 0.29) is 5.57 Å². The molecule has 1 rings (SSSR count). The fraction of sp³-hybridized carbons (Fsp3) is 0.357. The standard InChI is InChI=1S/C14H18O3/c1-8-7-13(17-5)11(4)10(3)12(8)6-9(2)14(15)16/h7H,2,6H2,1,3-5H3,(H,15,16). The maximum Gasteiger partial charge on any atom is 0.331 e. The number of benzene rings is 1. The number of hydrogen-bond donors (Lipinski definition) is 1. The van der Waals surface area contributed by atoms with Gasteiger partial charge in [0.05, 0.1) is 7.11 Å². The third-order valence-corrected chi connectivity index (χ3v) is 3.12. The number of methoxy groups -OCH3 is 1. The van der Waals surface area contributed by atoms with E-state index in [1.807, 2.05) is 26.8 Å². The van der Waals surface area contributed by atoms with Crippen molar-refractivity contribution in [3.05, 3.63) is 40.5 Å². The zero-order valence-corrected chi connectivity index (χ0v) is 10.8. The van der Waals surface area contributed by atoms with Gasteiger partial charge in [0, 0.05) is 12.0 Å². The number of rotatable bonds is 4. The summed E-state index contributed by atoms with van der Waals surface area (Å²) in [5.41, 5.74) is 4.39. The van der Waals surface area contributed by atoms with E-state index >= 15 is 0 Å². The van der Waals surface area contributed by atoms with Crippen LogP contribution >= 0.6 is 0 Å². The van der Waals surface area contributed by atoms with Gasteiger partial charge in [-0.05, 0) is 49.1 Å². The molecular weight excluding hydrogens is 216 g/mol. The molecule has 1 aromatic carbocycles. The fourth-order valence-corrected chi connectivity index (χ4v) is 1.87. The molecule has 1 aromatic rings. The molecule has 0 aliphatic carbocycles. The Bertz CT molecular complexity index is 473. The minimum Gasteiger partial charge on any atom is -0.496 e. The third-order valence-electron chi connectivity index (χ3n) is 3.12. The third kappa shape index (κ3) is 2.67. The van der Waals surface area contributed by atoms with Crippen molar-refractivity contribution in [1.82, 2.24) is 0 Å². The summed E-state index contributed by atoms with van der Waals surface area (Å²) in [6.45, 7) is 9.49. The fourth-order valence-electron chi connectivity index (χ4n) is 1.87. The van der Waals surface area contributed by atoms with Gasteiger partial charge in [-0.2, -0.15) is 0 Å². The van der Waals surface area contributed by atoms with Crippen molar-refractivity contribution in [2.45, 2.75) is 27.2 Å². The second-order valence-electron chi connectivity index (χ2n) is 4.21. The SMILES string of the molecule is C=C(Cc1c(C)cc(OC)c(C)c1C)C(=O)O. The molecule has 0 amide bonds. The highest BCUT2D eigenvalue weighted by atomic mass is 16.5. The summed E-state index contributed by atoms with van der Waals surface area (Å²) in [5.74, 6) is -0.109. The normalized spacial score (nSPS) is 10.1. The van der Waals surface area contributed by atoms with Crippen LogP contribution < -0.4 is 4.74 Å². The minimum atomic E-state index is -0.947. The largest absolute Gasteiger partial charge is 0.496 e. The lowest BCUT2D eigenvalue weighted by Crippen LogP contribution is -2.06. The van der Waals surface area contributed by atoms with E-state index in [0.29, 0.717) is 6.42 Å². The Balaban J connectivity index is 3.22. The van der Waals surface area contributed by atoms with E-state index in [1.165, 1.54) is 0 Å². The smallest absolute Gasteiger partial charge is 0.331 e. The van der Waals surface area contributed by atoms with Gasteiger partial charge in [0.15, 0.2) is 0 Å². The van der Waals surface area contributed by atoms with Crippen molar-refractivity contribution in [3.63, 3.8) is 0 Å². The highest BCUT2D eigenvalue weighted by Crippen LogP contribution is 2.28. The van der Waals surface area contributed by atoms with Crippen molar-refractivity contribution in [3.8, 4) is 5.75 Å². The number of aliphatic carboxylic acids is 1. The number of aryl methyl sites for hydroxylation is 1. The van der Waals surface area contributed by atoms with Crippen molar-refractivity contribution in [1.29, 1.82) is 0 Å². The van der Waals surface area contributed by atoms with Gasteiger partial charge in [-0.1, -0.05) is 6.58 Å². The van der Waals surface area contributed by atoms with Crippen LogP contribution in [0.2, 0.25) is 0 Å². The predicted octanol–water partition coefficient (Wildman–Crippen LogP) is 2.80. The van der Waals surface area contributed by atoms with Crippen LogP contribution in [0.15, 0.2) is 18.2 Å². The molecule has 3 nitrogen and oxygen atoms in total. The molecule has 3 heteroatoms. The van der Waals surface area contributed by atoms with Gasteiger partial charge in [-0.25, -0.2) is 4.79 Å². The Morgan fingerprint density at radius 3 is 2.41 bits per heavy atom. The van der Waals surface area contributed by atoms with Crippen LogP contribution in [-0.2, 0) is 11.2 Å². The van der Waals surface area contributed by atoms with Crippen molar-refractivity contribution in [2.24, 2.45) is 0 Å². The Morgan fingerprint density at radius 2 is 1.94 bits per heavy atom. The van der Waals surface area contributed by atoms with E-state index in [4.69, 9.17) is 9.84 Å². The molecule has 0 radical (unpaired) electrons. The van der Waals surface area contributed by atoms with Crippen LogP contribution in [0.4, 0.5) is 0 Å². The van der Waals surface area contributed by atoms with Crippen molar-refractivity contribution in [2.75, 3.05) is 7.11 Å². The predicted molar refractivity (Wildman–Crippen MR) is 67.7 cm³/mol. The van der Waals surface area contributed by atoms with Crippen LogP contribution in [0.25, 0.3) is 0 Å². The number of ether oxygens (including phenoxy) is 1. The lowest BCUT2D eigenvalue weighted by Gasteiger charge is -2.15. The summed E-state index contributed by atoms with van der Waals surface area (Å²) in [5, 5.41) is 8.87. The lowest BCUT2D eigenvalue weighted by atomic mass is 9.93. The minimum absolute atomic E-state index is 0.209. The number of hydrogen-bond acceptors (Lipinski definition) is 2. The molecule has 17 heavy (non-hydrogen) atoms. The molecule has 0 bridgehead atoms. The second-order valence-corrected chi connectivity index (χ2v) is 4.21. The van der Waals surface area contributed by atoms with Gasteiger partial charge in [0.25, 0.3) is 0 Å². The molecule has 0 saturated heterocycles. The summed E-state index contributed by atoms with van der Waals surface area (Å²) < 4.78 is 5.28. The van der Waals surface area contributed by atoms with E-state index in [2.05, 4.69) is 6.58 Å². The second kappa shape index (κ2) is 5.04. The van der Waals surface area contributed by atoms with Crippen LogP contribution in [0.5, 0.6) is 5.75 Å². The van der Waals surface area contributed by atoms with Gasteiger partial charge in [0.2, 0.25) is 0 Å². The number of carboxylic acid groups (broad SMARTS) is 1. The zero-order chi connectivity index (χ0) is 13.2. The summed E-state index contributed by atoms with van der Waals surface area (Å²) in [6.07, 6.45) is 0.373. The van der Waals surface area contributed by atoms with E-state index < -0.39 is 5.97 Å². The molecule has 0 saturated carbocycles. The first-order valence-corrected chi connectivity index (χ1v) is 5.43. The molecule has 0 spiro atoms. The Hall–Kier alpha value is -1.77. The maximum absolute atomic E-state index is 10.8. The molecule has 1 N–H and O–H groups in total. The number of carboxylic acids is 1. The van der Waals surface area contributed by atoms with Crippen LogP contribution in [0, 0.1) is 20.8 Å². The van der Waals surface area contributed by atoms with Crippen molar-refractivity contribution >= 4 is 5.97 Å². The zero-order valence-electron chi connectivity index (χ0n) is 10.8. The van der Waals surface area contributed by atoms with Crippen LogP contribution in [0.1, 0.15) is 22.3 Å². The van der Waals surface area contributed by atoms with E-state index in [0.717, 1.165) is 28.0 Å². The van der Waals surface area contributed by atoms with Gasteiger partial charge in [-0.15, -0.1) is 0 Å². The molecule has 0 unspecified atom stereocenters.